The summed E-state index contributed by atoms with van der Waals surface area (Å²) in [6.07, 6.45) is 0. The Morgan fingerprint density at radius 2 is 1.83 bits per heavy atom. The van der Waals surface area contributed by atoms with Crippen molar-refractivity contribution in [3.05, 3.63) is 47.7 Å². The molecular weight excluding hydrogens is 404 g/mol. The first-order valence-corrected chi connectivity index (χ1v) is 10.5. The van der Waals surface area contributed by atoms with Crippen molar-refractivity contribution in [3.8, 4) is 11.6 Å². The summed E-state index contributed by atoms with van der Waals surface area (Å²) in [5.74, 6) is 1.73. The minimum atomic E-state index is -0.544. The number of nitrogens with one attached hydrogen (secondary N) is 1. The van der Waals surface area contributed by atoms with Crippen molar-refractivity contribution in [2.45, 2.75) is 16.6 Å². The van der Waals surface area contributed by atoms with Gasteiger partial charge in [-0.05, 0) is 55.2 Å². The van der Waals surface area contributed by atoms with Gasteiger partial charge in [0.15, 0.2) is 16.7 Å². The fourth-order valence-electron chi connectivity index (χ4n) is 3.27. The number of carbonyl (C=O) groups excluding carboxylic acids is 1. The van der Waals surface area contributed by atoms with Gasteiger partial charge in [-0.1, -0.05) is 0 Å². The lowest BCUT2D eigenvalue weighted by Crippen LogP contribution is -2.43. The van der Waals surface area contributed by atoms with Crippen LogP contribution in [-0.4, -0.2) is 68.9 Å². The molecule has 2 N–H and O–H groups in total. The minimum absolute atomic E-state index is 0.379. The Labute approximate surface area is 178 Å². The highest BCUT2D eigenvalue weighted by Gasteiger charge is 2.18. The van der Waals surface area contributed by atoms with Gasteiger partial charge >= 0.3 is 0 Å². The van der Waals surface area contributed by atoms with E-state index in [4.69, 9.17) is 9.62 Å². The van der Waals surface area contributed by atoms with E-state index in [1.54, 1.807) is 29.7 Å². The van der Waals surface area contributed by atoms with E-state index >= 15 is 0 Å². The second kappa shape index (κ2) is 9.00. The lowest BCUT2D eigenvalue weighted by atomic mass is 10.2. The third kappa shape index (κ3) is 4.57. The smallest absolute Gasteiger partial charge is 0.274 e. The van der Waals surface area contributed by atoms with Crippen molar-refractivity contribution in [1.29, 1.82) is 0 Å². The highest BCUT2D eigenvalue weighted by molar-refractivity contribution is 7.99. The molecule has 3 aromatic rings. The molecule has 0 radical (unpaired) electrons. The Kier molecular flexibility index (Phi) is 6.18. The second-order valence-corrected chi connectivity index (χ2v) is 8.32. The van der Waals surface area contributed by atoms with Gasteiger partial charge in [0.05, 0.1) is 6.54 Å². The average molecular weight is 429 g/mol. The number of hydrogen-bond donors (Lipinski definition) is 2. The molecule has 0 atom stereocenters. The third-order valence-electron chi connectivity index (χ3n) is 5.12. The molecule has 0 bridgehead atoms. The Morgan fingerprint density at radius 1 is 1.10 bits per heavy atom. The zero-order chi connectivity index (χ0) is 21.1. The molecule has 10 heteroatoms. The van der Waals surface area contributed by atoms with Gasteiger partial charge in [-0.25, -0.2) is 5.48 Å². The van der Waals surface area contributed by atoms with E-state index in [-0.39, 0.29) is 0 Å². The van der Waals surface area contributed by atoms with Crippen LogP contribution in [0.5, 0.6) is 0 Å². The van der Waals surface area contributed by atoms with Gasteiger partial charge in [0.2, 0.25) is 0 Å². The zero-order valence-electron chi connectivity index (χ0n) is 16.9. The summed E-state index contributed by atoms with van der Waals surface area (Å²) in [6.45, 7) is 5.01. The Bertz CT molecular complexity index is 1010. The van der Waals surface area contributed by atoms with Crippen LogP contribution in [0.1, 0.15) is 16.1 Å². The van der Waals surface area contributed by atoms with E-state index in [0.29, 0.717) is 22.3 Å². The molecule has 1 aliphatic rings. The molecule has 2 aromatic heterocycles. The number of nitrogens with zero attached hydrogens (tertiary/aromatic N) is 5. The molecular formula is C20H24N6O3S. The van der Waals surface area contributed by atoms with E-state index in [1.165, 1.54) is 11.8 Å². The number of likely N-dealkylation sites (N-methyl/N-ethyl adjacent to an activating group) is 1. The predicted octanol–water partition coefficient (Wildman–Crippen LogP) is 2.09. The number of amides is 1. The maximum absolute atomic E-state index is 11.4. The van der Waals surface area contributed by atoms with Crippen LogP contribution in [0.15, 0.2) is 50.9 Å². The van der Waals surface area contributed by atoms with E-state index in [2.05, 4.69) is 27.0 Å². The number of carbonyl (C=O) groups is 1. The van der Waals surface area contributed by atoms with Crippen molar-refractivity contribution in [2.24, 2.45) is 7.05 Å². The van der Waals surface area contributed by atoms with Crippen molar-refractivity contribution >= 4 is 17.7 Å². The third-order valence-corrected chi connectivity index (χ3v) is 6.17. The SMILES string of the molecule is CN1CCN(Cc2ccc(-c3nnc(Sc4ccc(C(=O)NO)cc4)n3C)o2)CC1. The molecule has 0 saturated carbocycles. The van der Waals surface area contributed by atoms with Gasteiger partial charge in [-0.15, -0.1) is 10.2 Å². The highest BCUT2D eigenvalue weighted by atomic mass is 32.2. The molecule has 9 nitrogen and oxygen atoms in total. The number of hydrogen-bond acceptors (Lipinski definition) is 8. The Morgan fingerprint density at radius 3 is 2.53 bits per heavy atom. The standard InChI is InChI=1S/C20H24N6O3S/c1-24-9-11-26(12-10-24)13-15-5-8-17(29-15)18-21-22-20(25(18)2)30-16-6-3-14(4-7-16)19(27)23-28/h3-8,28H,9-13H2,1-2H3,(H,23,27). The van der Waals surface area contributed by atoms with Gasteiger partial charge in [0.1, 0.15) is 5.76 Å². The van der Waals surface area contributed by atoms with Gasteiger partial charge < -0.3 is 13.9 Å². The van der Waals surface area contributed by atoms with E-state index in [1.807, 2.05) is 23.7 Å². The van der Waals surface area contributed by atoms with Crippen LogP contribution in [0.3, 0.4) is 0 Å². The summed E-state index contributed by atoms with van der Waals surface area (Å²) in [5.41, 5.74) is 2.00. The number of rotatable bonds is 6. The number of aromatic nitrogens is 3. The lowest BCUT2D eigenvalue weighted by molar-refractivity contribution is 0.0706. The highest BCUT2D eigenvalue weighted by Crippen LogP contribution is 2.29. The summed E-state index contributed by atoms with van der Waals surface area (Å²) >= 11 is 1.43. The number of benzene rings is 1. The van der Waals surface area contributed by atoms with Crippen LogP contribution in [0, 0.1) is 0 Å². The molecule has 0 aliphatic carbocycles. The number of hydroxylamine groups is 1. The average Bonchev–Trinajstić information content (AvgIpc) is 3.36. The fraction of sp³-hybridized carbons (Fsp3) is 0.350. The minimum Gasteiger partial charge on any atom is -0.456 e. The van der Waals surface area contributed by atoms with E-state index < -0.39 is 5.91 Å². The van der Waals surface area contributed by atoms with Crippen LogP contribution < -0.4 is 5.48 Å². The first-order valence-electron chi connectivity index (χ1n) is 9.65. The zero-order valence-corrected chi connectivity index (χ0v) is 17.7. The van der Waals surface area contributed by atoms with Crippen LogP contribution >= 0.6 is 11.8 Å². The number of furan rings is 1. The van der Waals surface area contributed by atoms with Crippen LogP contribution in [-0.2, 0) is 13.6 Å². The van der Waals surface area contributed by atoms with Crippen LogP contribution in [0.4, 0.5) is 0 Å². The molecule has 4 rings (SSSR count). The Balaban J connectivity index is 1.43. The van der Waals surface area contributed by atoms with E-state index in [9.17, 15) is 4.79 Å². The van der Waals surface area contributed by atoms with Gasteiger partial charge in [0.25, 0.3) is 5.91 Å². The Hall–Kier alpha value is -2.66. The molecule has 1 amide bonds. The van der Waals surface area contributed by atoms with Crippen molar-refractivity contribution in [1.82, 2.24) is 30.0 Å². The molecule has 158 valence electrons. The predicted molar refractivity (Wildman–Crippen MR) is 111 cm³/mol. The maximum atomic E-state index is 11.4. The molecule has 1 saturated heterocycles. The van der Waals surface area contributed by atoms with Gasteiger partial charge in [-0.3, -0.25) is 14.9 Å². The topological polar surface area (TPSA) is 99.7 Å². The second-order valence-electron chi connectivity index (χ2n) is 7.28. The summed E-state index contributed by atoms with van der Waals surface area (Å²) in [6, 6.07) is 10.8. The summed E-state index contributed by atoms with van der Waals surface area (Å²) in [4.78, 5) is 17.1. The summed E-state index contributed by atoms with van der Waals surface area (Å²) < 4.78 is 7.93. The van der Waals surface area contributed by atoms with Crippen LogP contribution in [0.25, 0.3) is 11.6 Å². The monoisotopic (exact) mass is 428 g/mol. The molecule has 0 spiro atoms. The molecule has 3 heterocycles. The molecule has 1 aromatic carbocycles. The largest absolute Gasteiger partial charge is 0.456 e. The molecule has 0 unspecified atom stereocenters. The van der Waals surface area contributed by atoms with Crippen LogP contribution in [0.2, 0.25) is 0 Å². The van der Waals surface area contributed by atoms with Gasteiger partial charge in [0, 0.05) is 43.7 Å². The summed E-state index contributed by atoms with van der Waals surface area (Å²) in [7, 11) is 4.04. The van der Waals surface area contributed by atoms with Gasteiger partial charge in [-0.2, -0.15) is 0 Å². The summed E-state index contributed by atoms with van der Waals surface area (Å²) in [5, 5.41) is 18.0. The van der Waals surface area contributed by atoms with Crippen molar-refractivity contribution in [3.63, 3.8) is 0 Å². The first kappa shape index (κ1) is 20.6. The van der Waals surface area contributed by atoms with Crippen molar-refractivity contribution in [2.75, 3.05) is 33.2 Å². The molecule has 1 fully saturated rings. The maximum Gasteiger partial charge on any atom is 0.274 e. The normalized spacial score (nSPS) is 15.4. The molecule has 30 heavy (non-hydrogen) atoms. The van der Waals surface area contributed by atoms with Crippen molar-refractivity contribution < 1.29 is 14.4 Å². The molecule has 1 aliphatic heterocycles. The quantitative estimate of drug-likeness (QED) is 0.455. The first-order chi connectivity index (χ1) is 14.5. The number of piperazine rings is 1. The van der Waals surface area contributed by atoms with E-state index in [0.717, 1.165) is 43.4 Å². The lowest BCUT2D eigenvalue weighted by Gasteiger charge is -2.31. The fourth-order valence-corrected chi connectivity index (χ4v) is 4.06.